The van der Waals surface area contributed by atoms with E-state index in [-0.39, 0.29) is 23.9 Å². The molecule has 6 nitrogen and oxygen atoms in total. The fraction of sp³-hybridized carbons (Fsp3) is 0.389. The van der Waals surface area contributed by atoms with Gasteiger partial charge in [0.1, 0.15) is 10.7 Å². The Kier molecular flexibility index (Phi) is 4.58. The van der Waals surface area contributed by atoms with E-state index in [1.807, 2.05) is 28.8 Å². The molecular weight excluding hydrogens is 389 g/mol. The van der Waals surface area contributed by atoms with Crippen LogP contribution in [-0.4, -0.2) is 62.3 Å². The van der Waals surface area contributed by atoms with Gasteiger partial charge in [-0.25, -0.2) is 12.8 Å². The van der Waals surface area contributed by atoms with Crippen LogP contribution in [0.15, 0.2) is 46.0 Å². The number of carbonyl (C=O) groups is 1. The molecule has 1 aromatic heterocycles. The second-order valence-corrected chi connectivity index (χ2v) is 9.75. The maximum absolute atomic E-state index is 14.1. The average molecular weight is 410 g/mol. The van der Waals surface area contributed by atoms with Crippen LogP contribution in [0.4, 0.5) is 10.1 Å². The van der Waals surface area contributed by atoms with Crippen LogP contribution in [-0.2, 0) is 14.8 Å². The molecule has 144 valence electrons. The van der Waals surface area contributed by atoms with Gasteiger partial charge in [-0.1, -0.05) is 12.1 Å². The highest BCUT2D eigenvalue weighted by atomic mass is 32.2. The summed E-state index contributed by atoms with van der Waals surface area (Å²) < 4.78 is 41.3. The van der Waals surface area contributed by atoms with E-state index in [9.17, 15) is 17.6 Å². The Balaban J connectivity index is 1.62. The summed E-state index contributed by atoms with van der Waals surface area (Å²) in [5.41, 5.74) is 0.363. The molecule has 0 bridgehead atoms. The van der Waals surface area contributed by atoms with Crippen LogP contribution in [0.25, 0.3) is 0 Å². The Bertz CT molecular complexity index is 964. The van der Waals surface area contributed by atoms with Crippen LogP contribution in [0.3, 0.4) is 0 Å². The molecule has 3 heterocycles. The molecule has 0 unspecified atom stereocenters. The average Bonchev–Trinajstić information content (AvgIpc) is 3.30. The second-order valence-electron chi connectivity index (χ2n) is 7.06. The van der Waals surface area contributed by atoms with Crippen LogP contribution in [0.1, 0.15) is 6.42 Å². The molecule has 27 heavy (non-hydrogen) atoms. The zero-order chi connectivity index (χ0) is 19.2. The van der Waals surface area contributed by atoms with E-state index in [1.165, 1.54) is 33.8 Å². The normalized spacial score (nSPS) is 24.8. The van der Waals surface area contributed by atoms with Crippen molar-refractivity contribution >= 4 is 33.0 Å². The lowest BCUT2D eigenvalue weighted by atomic mass is 9.93. The molecule has 1 aromatic carbocycles. The topological polar surface area (TPSA) is 60.9 Å². The van der Waals surface area contributed by atoms with Crippen LogP contribution in [0.2, 0.25) is 0 Å². The predicted molar refractivity (Wildman–Crippen MR) is 102 cm³/mol. The molecular formula is C18H20FN3O3S2. The lowest BCUT2D eigenvalue weighted by Crippen LogP contribution is -2.64. The van der Waals surface area contributed by atoms with E-state index in [1.54, 1.807) is 4.90 Å². The van der Waals surface area contributed by atoms with Gasteiger partial charge in [0, 0.05) is 25.0 Å². The van der Waals surface area contributed by atoms with Gasteiger partial charge in [-0.05, 0) is 37.0 Å². The number of hydrogen-bond acceptors (Lipinski definition) is 5. The van der Waals surface area contributed by atoms with Crippen molar-refractivity contribution in [3.05, 3.63) is 46.9 Å². The minimum atomic E-state index is -3.92. The molecule has 9 heteroatoms. The van der Waals surface area contributed by atoms with E-state index in [0.29, 0.717) is 19.5 Å². The molecule has 1 atom stereocenters. The van der Waals surface area contributed by atoms with Crippen molar-refractivity contribution in [3.8, 4) is 0 Å². The summed E-state index contributed by atoms with van der Waals surface area (Å²) in [5, 5.41) is 3.83. The van der Waals surface area contributed by atoms with Gasteiger partial charge in [0.2, 0.25) is 15.9 Å². The van der Waals surface area contributed by atoms with Gasteiger partial charge >= 0.3 is 0 Å². The molecule has 0 aliphatic carbocycles. The van der Waals surface area contributed by atoms with Gasteiger partial charge in [0.05, 0.1) is 17.8 Å². The Labute approximate surface area is 161 Å². The Hall–Kier alpha value is -1.81. The third-order valence-corrected chi connectivity index (χ3v) is 8.05. The van der Waals surface area contributed by atoms with Gasteiger partial charge in [0.15, 0.2) is 0 Å². The Morgan fingerprint density at radius 2 is 1.96 bits per heavy atom. The predicted octanol–water partition coefficient (Wildman–Crippen LogP) is 2.00. The summed E-state index contributed by atoms with van der Waals surface area (Å²) in [6.07, 6.45) is 0.588. The molecule has 2 saturated heterocycles. The number of benzene rings is 1. The lowest BCUT2D eigenvalue weighted by molar-refractivity contribution is -0.123. The van der Waals surface area contributed by atoms with Crippen molar-refractivity contribution in [1.82, 2.24) is 9.21 Å². The highest BCUT2D eigenvalue weighted by Gasteiger charge is 2.50. The molecule has 0 radical (unpaired) electrons. The fourth-order valence-electron chi connectivity index (χ4n) is 3.86. The summed E-state index contributed by atoms with van der Waals surface area (Å²) in [6.45, 7) is 1.17. The molecule has 1 amide bonds. The van der Waals surface area contributed by atoms with Crippen molar-refractivity contribution in [2.75, 3.05) is 38.1 Å². The van der Waals surface area contributed by atoms with E-state index in [2.05, 4.69) is 0 Å². The SMILES string of the molecule is CN1CC(=O)N(c2ccsc2)C[C@@]12CCN(S(=O)(=O)c1ccccc1F)C2. The number of rotatable bonds is 3. The number of anilines is 1. The van der Waals surface area contributed by atoms with Gasteiger partial charge in [-0.2, -0.15) is 15.6 Å². The number of nitrogens with zero attached hydrogens (tertiary/aromatic N) is 3. The van der Waals surface area contributed by atoms with Crippen LogP contribution in [0, 0.1) is 5.82 Å². The van der Waals surface area contributed by atoms with Gasteiger partial charge in [-0.15, -0.1) is 0 Å². The molecule has 2 fully saturated rings. The van der Waals surface area contributed by atoms with Gasteiger partial charge < -0.3 is 4.90 Å². The summed E-state index contributed by atoms with van der Waals surface area (Å²) >= 11 is 1.52. The molecule has 4 rings (SSSR count). The second kappa shape index (κ2) is 6.66. The van der Waals surface area contributed by atoms with Crippen molar-refractivity contribution in [2.45, 2.75) is 16.9 Å². The molecule has 2 aliphatic heterocycles. The number of likely N-dealkylation sites (N-methyl/N-ethyl adjacent to an activating group) is 1. The third kappa shape index (κ3) is 3.08. The standard InChI is InChI=1S/C18H20FN3O3S2/c1-20-10-17(23)22(14-6-9-26-11-14)13-18(20)7-8-21(12-18)27(24,25)16-5-3-2-4-15(16)19/h2-6,9,11H,7-8,10,12-13H2,1H3/t18-/m0/s1. The molecule has 2 aromatic rings. The van der Waals surface area contributed by atoms with Crippen molar-refractivity contribution < 1.29 is 17.6 Å². The first kappa shape index (κ1) is 18.5. The van der Waals surface area contributed by atoms with Crippen molar-refractivity contribution in [2.24, 2.45) is 0 Å². The highest BCUT2D eigenvalue weighted by Crippen LogP contribution is 2.36. The van der Waals surface area contributed by atoms with E-state index in [4.69, 9.17) is 0 Å². The monoisotopic (exact) mass is 409 g/mol. The van der Waals surface area contributed by atoms with Crippen LogP contribution < -0.4 is 4.90 Å². The first-order valence-electron chi connectivity index (χ1n) is 8.62. The van der Waals surface area contributed by atoms with Gasteiger partial charge in [-0.3, -0.25) is 9.69 Å². The molecule has 2 aliphatic rings. The summed E-state index contributed by atoms with van der Waals surface area (Å²) in [6, 6.07) is 7.33. The smallest absolute Gasteiger partial charge is 0.246 e. The molecule has 1 spiro atoms. The van der Waals surface area contributed by atoms with Crippen molar-refractivity contribution in [1.29, 1.82) is 0 Å². The number of piperazine rings is 1. The fourth-order valence-corrected chi connectivity index (χ4v) is 6.09. The van der Waals surface area contributed by atoms with E-state index >= 15 is 0 Å². The number of thiophene rings is 1. The maximum Gasteiger partial charge on any atom is 0.246 e. The first-order valence-corrected chi connectivity index (χ1v) is 11.0. The third-order valence-electron chi connectivity index (χ3n) is 5.51. The molecule has 0 saturated carbocycles. The maximum atomic E-state index is 14.1. The largest absolute Gasteiger partial charge is 0.309 e. The summed E-state index contributed by atoms with van der Waals surface area (Å²) in [5.74, 6) is -0.748. The number of carbonyl (C=O) groups excluding carboxylic acids is 1. The minimum Gasteiger partial charge on any atom is -0.309 e. The Morgan fingerprint density at radius 1 is 1.19 bits per heavy atom. The summed E-state index contributed by atoms with van der Waals surface area (Å²) in [4.78, 5) is 15.9. The van der Waals surface area contributed by atoms with E-state index in [0.717, 1.165) is 11.8 Å². The molecule has 0 N–H and O–H groups in total. The summed E-state index contributed by atoms with van der Waals surface area (Å²) in [7, 11) is -2.07. The minimum absolute atomic E-state index is 0.00284. The number of hydrogen-bond donors (Lipinski definition) is 0. The first-order chi connectivity index (χ1) is 12.8. The Morgan fingerprint density at radius 3 is 2.67 bits per heavy atom. The lowest BCUT2D eigenvalue weighted by Gasteiger charge is -2.46. The van der Waals surface area contributed by atoms with Gasteiger partial charge in [0.25, 0.3) is 0 Å². The quantitative estimate of drug-likeness (QED) is 0.778. The van der Waals surface area contributed by atoms with Crippen LogP contribution in [0.5, 0.6) is 0 Å². The number of amides is 1. The zero-order valence-corrected chi connectivity index (χ0v) is 16.5. The van der Waals surface area contributed by atoms with E-state index < -0.39 is 21.4 Å². The highest BCUT2D eigenvalue weighted by molar-refractivity contribution is 7.89. The number of halogens is 1. The number of sulfonamides is 1. The van der Waals surface area contributed by atoms with Crippen LogP contribution >= 0.6 is 11.3 Å². The van der Waals surface area contributed by atoms with Crippen molar-refractivity contribution in [3.63, 3.8) is 0 Å². The zero-order valence-electron chi connectivity index (χ0n) is 14.8.